The summed E-state index contributed by atoms with van der Waals surface area (Å²) in [5.74, 6) is 1.02. The van der Waals surface area contributed by atoms with E-state index in [0.29, 0.717) is 0 Å². The molecule has 1 saturated heterocycles. The van der Waals surface area contributed by atoms with E-state index in [2.05, 4.69) is 10.6 Å². The van der Waals surface area contributed by atoms with Crippen molar-refractivity contribution in [3.05, 3.63) is 24.2 Å². The van der Waals surface area contributed by atoms with Gasteiger partial charge < -0.3 is 19.8 Å². The van der Waals surface area contributed by atoms with E-state index in [4.69, 9.17) is 9.15 Å². The first-order valence-corrected chi connectivity index (χ1v) is 6.78. The number of aryl methyl sites for hydroxylation is 1. The predicted molar refractivity (Wildman–Crippen MR) is 71.8 cm³/mol. The highest BCUT2D eigenvalue weighted by Crippen LogP contribution is 2.10. The van der Waals surface area contributed by atoms with Gasteiger partial charge in [0.1, 0.15) is 5.76 Å². The maximum atomic E-state index is 12.0. The van der Waals surface area contributed by atoms with Gasteiger partial charge in [-0.25, -0.2) is 0 Å². The Morgan fingerprint density at radius 2 is 2.53 bits per heavy atom. The van der Waals surface area contributed by atoms with Gasteiger partial charge >= 0.3 is 0 Å². The van der Waals surface area contributed by atoms with Crippen molar-refractivity contribution in [1.29, 1.82) is 0 Å². The van der Waals surface area contributed by atoms with Crippen molar-refractivity contribution in [3.63, 3.8) is 0 Å². The third-order valence-corrected chi connectivity index (χ3v) is 3.53. The standard InChI is InChI=1S/C14H22N2O3/c1-10(5-6-11-4-3-7-19-11)16-14(17)13-8-12(18-2)9-15-13/h3-4,7,10,12-13,15H,5-6,8-9H2,1-2H3,(H,16,17). The fourth-order valence-corrected chi connectivity index (χ4v) is 2.31. The quantitative estimate of drug-likeness (QED) is 0.809. The van der Waals surface area contributed by atoms with E-state index in [9.17, 15) is 4.79 Å². The number of nitrogens with one attached hydrogen (secondary N) is 2. The summed E-state index contributed by atoms with van der Waals surface area (Å²) in [7, 11) is 1.68. The lowest BCUT2D eigenvalue weighted by atomic mass is 10.1. The summed E-state index contributed by atoms with van der Waals surface area (Å²) in [5.41, 5.74) is 0. The lowest BCUT2D eigenvalue weighted by Gasteiger charge is -2.16. The summed E-state index contributed by atoms with van der Waals surface area (Å²) >= 11 is 0. The zero-order valence-corrected chi connectivity index (χ0v) is 11.5. The Labute approximate surface area is 113 Å². The molecule has 5 heteroatoms. The topological polar surface area (TPSA) is 63.5 Å². The molecule has 3 atom stereocenters. The summed E-state index contributed by atoms with van der Waals surface area (Å²) in [6.07, 6.45) is 4.28. The molecule has 0 radical (unpaired) electrons. The van der Waals surface area contributed by atoms with Crippen LogP contribution in [-0.2, 0) is 16.0 Å². The van der Waals surface area contributed by atoms with Gasteiger partial charge in [0.15, 0.2) is 0 Å². The number of rotatable bonds is 6. The van der Waals surface area contributed by atoms with Gasteiger partial charge in [-0.05, 0) is 31.9 Å². The zero-order chi connectivity index (χ0) is 13.7. The molecular weight excluding hydrogens is 244 g/mol. The molecule has 0 aromatic carbocycles. The molecule has 2 heterocycles. The third kappa shape index (κ3) is 4.08. The number of methoxy groups -OCH3 is 1. The highest BCUT2D eigenvalue weighted by Gasteiger charge is 2.29. The van der Waals surface area contributed by atoms with Gasteiger partial charge in [-0.2, -0.15) is 0 Å². The average molecular weight is 266 g/mol. The molecule has 1 fully saturated rings. The molecule has 0 spiro atoms. The second-order valence-electron chi connectivity index (χ2n) is 5.08. The molecule has 0 aliphatic carbocycles. The van der Waals surface area contributed by atoms with E-state index in [-0.39, 0.29) is 24.1 Å². The van der Waals surface area contributed by atoms with E-state index in [1.54, 1.807) is 13.4 Å². The number of amides is 1. The highest BCUT2D eigenvalue weighted by atomic mass is 16.5. The Bertz CT molecular complexity index is 391. The summed E-state index contributed by atoms with van der Waals surface area (Å²) in [5, 5.41) is 6.21. The van der Waals surface area contributed by atoms with Crippen molar-refractivity contribution in [2.24, 2.45) is 0 Å². The second kappa shape index (κ2) is 6.73. The number of furan rings is 1. The SMILES string of the molecule is COC1CNC(C(=O)NC(C)CCc2ccco2)C1. The molecule has 1 aliphatic rings. The van der Waals surface area contributed by atoms with E-state index >= 15 is 0 Å². The van der Waals surface area contributed by atoms with E-state index < -0.39 is 0 Å². The maximum Gasteiger partial charge on any atom is 0.237 e. The largest absolute Gasteiger partial charge is 0.469 e. The van der Waals surface area contributed by atoms with Crippen LogP contribution in [0, 0.1) is 0 Å². The van der Waals surface area contributed by atoms with Crippen LogP contribution < -0.4 is 10.6 Å². The highest BCUT2D eigenvalue weighted by molar-refractivity contribution is 5.82. The van der Waals surface area contributed by atoms with Crippen LogP contribution >= 0.6 is 0 Å². The second-order valence-corrected chi connectivity index (χ2v) is 5.08. The van der Waals surface area contributed by atoms with Crippen LogP contribution in [0.15, 0.2) is 22.8 Å². The fourth-order valence-electron chi connectivity index (χ4n) is 2.31. The van der Waals surface area contributed by atoms with Crippen molar-refractivity contribution >= 4 is 5.91 Å². The van der Waals surface area contributed by atoms with Gasteiger partial charge in [0.25, 0.3) is 0 Å². The lowest BCUT2D eigenvalue weighted by Crippen LogP contribution is -2.44. The molecule has 106 valence electrons. The zero-order valence-electron chi connectivity index (χ0n) is 11.5. The lowest BCUT2D eigenvalue weighted by molar-refractivity contribution is -0.123. The van der Waals surface area contributed by atoms with Crippen molar-refractivity contribution in [2.75, 3.05) is 13.7 Å². The van der Waals surface area contributed by atoms with E-state index in [1.807, 2.05) is 19.1 Å². The monoisotopic (exact) mass is 266 g/mol. The van der Waals surface area contributed by atoms with Crippen LogP contribution in [0.5, 0.6) is 0 Å². The summed E-state index contributed by atoms with van der Waals surface area (Å²) < 4.78 is 10.5. The molecule has 2 rings (SSSR count). The minimum Gasteiger partial charge on any atom is -0.469 e. The Balaban J connectivity index is 1.70. The molecule has 1 aromatic heterocycles. The Morgan fingerprint density at radius 1 is 1.68 bits per heavy atom. The van der Waals surface area contributed by atoms with Gasteiger partial charge in [0.05, 0.1) is 18.4 Å². The number of ether oxygens (including phenoxy) is 1. The molecule has 1 amide bonds. The van der Waals surface area contributed by atoms with Gasteiger partial charge in [-0.1, -0.05) is 0 Å². The molecular formula is C14H22N2O3. The molecule has 1 aromatic rings. The van der Waals surface area contributed by atoms with E-state index in [1.165, 1.54) is 0 Å². The normalized spacial score (nSPS) is 24.3. The predicted octanol–water partition coefficient (Wildman–Crippen LogP) is 1.09. The fraction of sp³-hybridized carbons (Fsp3) is 0.643. The Hall–Kier alpha value is -1.33. The molecule has 2 N–H and O–H groups in total. The molecule has 19 heavy (non-hydrogen) atoms. The van der Waals surface area contributed by atoms with Crippen LogP contribution in [-0.4, -0.2) is 37.7 Å². The van der Waals surface area contributed by atoms with Crippen molar-refractivity contribution < 1.29 is 13.9 Å². The van der Waals surface area contributed by atoms with Gasteiger partial charge in [-0.15, -0.1) is 0 Å². The minimum atomic E-state index is -0.129. The average Bonchev–Trinajstić information content (AvgIpc) is 3.07. The van der Waals surface area contributed by atoms with Crippen LogP contribution in [0.4, 0.5) is 0 Å². The first kappa shape index (κ1) is 14.1. The van der Waals surface area contributed by atoms with Crippen molar-refractivity contribution in [1.82, 2.24) is 10.6 Å². The molecule has 5 nitrogen and oxygen atoms in total. The van der Waals surface area contributed by atoms with Crippen LogP contribution in [0.2, 0.25) is 0 Å². The van der Waals surface area contributed by atoms with Crippen LogP contribution in [0.25, 0.3) is 0 Å². The molecule has 3 unspecified atom stereocenters. The third-order valence-electron chi connectivity index (χ3n) is 3.53. The maximum absolute atomic E-state index is 12.0. The van der Waals surface area contributed by atoms with Gasteiger partial charge in [-0.3, -0.25) is 4.79 Å². The number of carbonyl (C=O) groups excluding carboxylic acids is 1. The number of hydrogen-bond donors (Lipinski definition) is 2. The Kier molecular flexibility index (Phi) is 4.99. The molecule has 0 bridgehead atoms. The molecule has 0 saturated carbocycles. The van der Waals surface area contributed by atoms with Gasteiger partial charge in [0, 0.05) is 26.1 Å². The summed E-state index contributed by atoms with van der Waals surface area (Å²) in [4.78, 5) is 12.0. The number of hydrogen-bond acceptors (Lipinski definition) is 4. The van der Waals surface area contributed by atoms with Crippen molar-refractivity contribution in [3.8, 4) is 0 Å². The van der Waals surface area contributed by atoms with Crippen LogP contribution in [0.1, 0.15) is 25.5 Å². The summed E-state index contributed by atoms with van der Waals surface area (Å²) in [6, 6.07) is 3.85. The smallest absolute Gasteiger partial charge is 0.237 e. The minimum absolute atomic E-state index is 0.0616. The summed E-state index contributed by atoms with van der Waals surface area (Å²) in [6.45, 7) is 2.76. The first-order valence-electron chi connectivity index (χ1n) is 6.78. The number of carbonyl (C=O) groups is 1. The van der Waals surface area contributed by atoms with Crippen LogP contribution in [0.3, 0.4) is 0 Å². The first-order chi connectivity index (χ1) is 9.19. The van der Waals surface area contributed by atoms with Crippen molar-refractivity contribution in [2.45, 2.75) is 44.4 Å². The van der Waals surface area contributed by atoms with Gasteiger partial charge in [0.2, 0.25) is 5.91 Å². The molecule has 1 aliphatic heterocycles. The Morgan fingerprint density at radius 3 is 3.16 bits per heavy atom. The van der Waals surface area contributed by atoms with E-state index in [0.717, 1.165) is 31.6 Å².